The average Bonchev–Trinajstić information content (AvgIpc) is 2.65. The number of para-hydroxylation sites is 1. The molecule has 1 heterocycles. The maximum Gasteiger partial charge on any atom is 0.322 e. The summed E-state index contributed by atoms with van der Waals surface area (Å²) in [5, 5.41) is 0. The maximum atomic E-state index is 13.5. The molecule has 1 N–H and O–H groups in total. The van der Waals surface area contributed by atoms with Gasteiger partial charge in [-0.15, -0.1) is 0 Å². The summed E-state index contributed by atoms with van der Waals surface area (Å²) < 4.78 is 45.8. The first kappa shape index (κ1) is 18.5. The van der Waals surface area contributed by atoms with Crippen molar-refractivity contribution >= 4 is 21.5 Å². The number of nitrogens with one attached hydrogen (secondary N) is 1. The van der Waals surface area contributed by atoms with E-state index in [0.717, 1.165) is 0 Å². The third-order valence-electron chi connectivity index (χ3n) is 3.49. The fraction of sp³-hybridized carbons (Fsp3) is 0.0556. The van der Waals surface area contributed by atoms with E-state index in [9.17, 15) is 17.6 Å². The molecule has 138 valence electrons. The molecule has 0 spiro atoms. The first-order chi connectivity index (χ1) is 12.8. The van der Waals surface area contributed by atoms with Crippen molar-refractivity contribution in [3.8, 4) is 11.8 Å². The number of aromatic nitrogens is 2. The Bertz CT molecular complexity index is 1070. The molecular formula is C18H14FN3O4S. The van der Waals surface area contributed by atoms with Crippen molar-refractivity contribution in [1.29, 1.82) is 0 Å². The zero-order valence-electron chi connectivity index (χ0n) is 14.1. The van der Waals surface area contributed by atoms with Gasteiger partial charge in [0.1, 0.15) is 0 Å². The summed E-state index contributed by atoms with van der Waals surface area (Å²) in [6.07, 6.45) is 2.40. The molecule has 2 aromatic carbocycles. The van der Waals surface area contributed by atoms with Crippen molar-refractivity contribution in [3.63, 3.8) is 0 Å². The van der Waals surface area contributed by atoms with Crippen LogP contribution in [0.25, 0.3) is 0 Å². The lowest BCUT2D eigenvalue weighted by Crippen LogP contribution is -2.13. The molecular weight excluding hydrogens is 373 g/mol. The molecule has 7 nitrogen and oxygen atoms in total. The number of carbonyl (C=O) groups is 1. The lowest BCUT2D eigenvalue weighted by Gasteiger charge is -2.09. The SMILES string of the molecule is CC(=O)c1ccc(S(=O)(=O)Nc2cnc(Oc3ccccc3F)nc2)cc1. The molecule has 0 aliphatic rings. The third-order valence-corrected chi connectivity index (χ3v) is 4.89. The Kier molecular flexibility index (Phi) is 5.13. The number of benzene rings is 2. The fourth-order valence-electron chi connectivity index (χ4n) is 2.13. The van der Waals surface area contributed by atoms with E-state index in [4.69, 9.17) is 4.74 Å². The van der Waals surface area contributed by atoms with Crippen LogP contribution in [0.2, 0.25) is 0 Å². The van der Waals surface area contributed by atoms with Gasteiger partial charge in [-0.3, -0.25) is 9.52 Å². The summed E-state index contributed by atoms with van der Waals surface area (Å²) in [6.45, 7) is 1.39. The predicted molar refractivity (Wildman–Crippen MR) is 95.8 cm³/mol. The van der Waals surface area contributed by atoms with Crippen molar-refractivity contribution < 1.29 is 22.3 Å². The molecule has 0 unspecified atom stereocenters. The van der Waals surface area contributed by atoms with Gasteiger partial charge in [-0.2, -0.15) is 0 Å². The van der Waals surface area contributed by atoms with Crippen LogP contribution in [0.15, 0.2) is 65.8 Å². The van der Waals surface area contributed by atoms with E-state index in [1.54, 1.807) is 6.07 Å². The van der Waals surface area contributed by atoms with Gasteiger partial charge in [0.15, 0.2) is 17.3 Å². The number of halogens is 1. The minimum absolute atomic E-state index is 0.0146. The van der Waals surface area contributed by atoms with E-state index in [1.165, 1.54) is 61.8 Å². The zero-order valence-corrected chi connectivity index (χ0v) is 14.9. The van der Waals surface area contributed by atoms with Gasteiger partial charge in [0.25, 0.3) is 10.0 Å². The van der Waals surface area contributed by atoms with E-state index in [2.05, 4.69) is 14.7 Å². The summed E-state index contributed by atoms with van der Waals surface area (Å²) in [4.78, 5) is 19.0. The van der Waals surface area contributed by atoms with Crippen molar-refractivity contribution in [2.75, 3.05) is 4.72 Å². The van der Waals surface area contributed by atoms with Crippen LogP contribution in [-0.4, -0.2) is 24.2 Å². The number of carbonyl (C=O) groups excluding carboxylic acids is 1. The number of sulfonamides is 1. The molecule has 3 aromatic rings. The first-order valence-corrected chi connectivity index (χ1v) is 9.22. The molecule has 1 aromatic heterocycles. The van der Waals surface area contributed by atoms with Crippen LogP contribution in [0.5, 0.6) is 11.8 Å². The molecule has 9 heteroatoms. The topological polar surface area (TPSA) is 98.2 Å². The van der Waals surface area contributed by atoms with Crippen LogP contribution in [0.1, 0.15) is 17.3 Å². The number of hydrogen-bond acceptors (Lipinski definition) is 6. The normalized spacial score (nSPS) is 11.0. The number of Topliss-reactive ketones (excluding diaryl/α,β-unsaturated/α-hetero) is 1. The molecule has 0 amide bonds. The van der Waals surface area contributed by atoms with Crippen LogP contribution in [-0.2, 0) is 10.0 Å². The number of hydrogen-bond donors (Lipinski definition) is 1. The van der Waals surface area contributed by atoms with Crippen molar-refractivity contribution in [2.24, 2.45) is 0 Å². The Labute approximate surface area is 154 Å². The Morgan fingerprint density at radius 1 is 1.04 bits per heavy atom. The summed E-state index contributed by atoms with van der Waals surface area (Å²) in [7, 11) is -3.88. The number of ketones is 1. The van der Waals surface area contributed by atoms with Gasteiger partial charge in [0.2, 0.25) is 0 Å². The molecule has 0 atom stereocenters. The second-order valence-corrected chi connectivity index (χ2v) is 7.16. The van der Waals surface area contributed by atoms with E-state index < -0.39 is 15.8 Å². The molecule has 0 saturated carbocycles. The highest BCUT2D eigenvalue weighted by atomic mass is 32.2. The molecule has 0 aliphatic heterocycles. The molecule has 0 bridgehead atoms. The van der Waals surface area contributed by atoms with Gasteiger partial charge in [-0.05, 0) is 31.2 Å². The van der Waals surface area contributed by atoms with Crippen LogP contribution < -0.4 is 9.46 Å². The monoisotopic (exact) mass is 387 g/mol. The summed E-state index contributed by atoms with van der Waals surface area (Å²) >= 11 is 0. The predicted octanol–water partition coefficient (Wildman–Crippen LogP) is 3.41. The second-order valence-electron chi connectivity index (χ2n) is 5.47. The van der Waals surface area contributed by atoms with Crippen LogP contribution in [0, 0.1) is 5.82 Å². The Morgan fingerprint density at radius 2 is 1.67 bits per heavy atom. The highest BCUT2D eigenvalue weighted by Gasteiger charge is 2.15. The third kappa shape index (κ3) is 4.45. The van der Waals surface area contributed by atoms with Crippen LogP contribution in [0.3, 0.4) is 0 Å². The average molecular weight is 387 g/mol. The van der Waals surface area contributed by atoms with E-state index in [1.807, 2.05) is 0 Å². The first-order valence-electron chi connectivity index (χ1n) is 7.73. The van der Waals surface area contributed by atoms with E-state index in [-0.39, 0.29) is 28.1 Å². The quantitative estimate of drug-likeness (QED) is 0.651. The van der Waals surface area contributed by atoms with Crippen LogP contribution >= 0.6 is 0 Å². The van der Waals surface area contributed by atoms with Gasteiger partial charge in [0, 0.05) is 5.56 Å². The Hall–Kier alpha value is -3.33. The van der Waals surface area contributed by atoms with Gasteiger partial charge >= 0.3 is 6.01 Å². The number of rotatable bonds is 6. The highest BCUT2D eigenvalue weighted by Crippen LogP contribution is 2.22. The van der Waals surface area contributed by atoms with Crippen molar-refractivity contribution in [2.45, 2.75) is 11.8 Å². The number of anilines is 1. The maximum absolute atomic E-state index is 13.5. The minimum Gasteiger partial charge on any atom is -0.421 e. The standard InChI is InChI=1S/C18H14FN3O4S/c1-12(23)13-6-8-15(9-7-13)27(24,25)22-14-10-20-18(21-11-14)26-17-5-3-2-4-16(17)19/h2-11,22H,1H3. The van der Waals surface area contributed by atoms with Crippen molar-refractivity contribution in [3.05, 3.63) is 72.3 Å². The molecule has 0 aliphatic carbocycles. The fourth-order valence-corrected chi connectivity index (χ4v) is 3.16. The molecule has 0 saturated heterocycles. The molecule has 27 heavy (non-hydrogen) atoms. The Balaban J connectivity index is 1.73. The Morgan fingerprint density at radius 3 is 2.26 bits per heavy atom. The van der Waals surface area contributed by atoms with Crippen LogP contribution in [0.4, 0.5) is 10.1 Å². The van der Waals surface area contributed by atoms with Gasteiger partial charge in [0.05, 0.1) is 23.0 Å². The highest BCUT2D eigenvalue weighted by molar-refractivity contribution is 7.92. The van der Waals surface area contributed by atoms with E-state index >= 15 is 0 Å². The lowest BCUT2D eigenvalue weighted by atomic mass is 10.2. The van der Waals surface area contributed by atoms with E-state index in [0.29, 0.717) is 5.56 Å². The number of nitrogens with zero attached hydrogens (tertiary/aromatic N) is 2. The number of ether oxygens (including phenoxy) is 1. The smallest absolute Gasteiger partial charge is 0.322 e. The van der Waals surface area contributed by atoms with Gasteiger partial charge < -0.3 is 4.74 Å². The van der Waals surface area contributed by atoms with Gasteiger partial charge in [-0.1, -0.05) is 24.3 Å². The summed E-state index contributed by atoms with van der Waals surface area (Å²) in [6, 6.07) is 11.1. The molecule has 3 rings (SSSR count). The van der Waals surface area contributed by atoms with Gasteiger partial charge in [-0.25, -0.2) is 22.8 Å². The molecule has 0 radical (unpaired) electrons. The minimum atomic E-state index is -3.88. The molecule has 0 fully saturated rings. The zero-order chi connectivity index (χ0) is 19.4. The second kappa shape index (κ2) is 7.50. The largest absolute Gasteiger partial charge is 0.421 e. The lowest BCUT2D eigenvalue weighted by molar-refractivity contribution is 0.101. The summed E-state index contributed by atoms with van der Waals surface area (Å²) in [5.41, 5.74) is 0.512. The summed E-state index contributed by atoms with van der Waals surface area (Å²) in [5.74, 6) is -0.776. The van der Waals surface area contributed by atoms with Crippen molar-refractivity contribution in [1.82, 2.24) is 9.97 Å².